The number of H-pyrrole nitrogens is 2. The fourth-order valence-corrected chi connectivity index (χ4v) is 14.9. The van der Waals surface area contributed by atoms with Crippen molar-refractivity contribution in [3.8, 4) is 16.9 Å². The van der Waals surface area contributed by atoms with E-state index in [-0.39, 0.29) is 30.3 Å². The van der Waals surface area contributed by atoms with E-state index in [1.807, 2.05) is 55.6 Å². The monoisotopic (exact) mass is 2060 g/mol. The van der Waals surface area contributed by atoms with Gasteiger partial charge in [0.1, 0.15) is 64.5 Å². The number of tetrazole rings is 1. The first-order valence-electron chi connectivity index (χ1n) is 49.4. The molecule has 812 valence electrons. The van der Waals surface area contributed by atoms with Gasteiger partial charge in [0.05, 0.1) is 150 Å². The van der Waals surface area contributed by atoms with Crippen LogP contribution in [0.4, 0.5) is 4.39 Å². The Labute approximate surface area is 856 Å². The van der Waals surface area contributed by atoms with E-state index in [0.29, 0.717) is 143 Å². The van der Waals surface area contributed by atoms with E-state index >= 15 is 4.39 Å². The van der Waals surface area contributed by atoms with Crippen molar-refractivity contribution in [1.82, 2.24) is 98.8 Å². The van der Waals surface area contributed by atoms with Crippen molar-refractivity contribution in [2.75, 3.05) is 125 Å². The number of imidazole rings is 1. The average molecular weight is 2060 g/mol. The van der Waals surface area contributed by atoms with Crippen LogP contribution >= 0.6 is 0 Å². The Morgan fingerprint density at radius 3 is 1.72 bits per heavy atom. The summed E-state index contributed by atoms with van der Waals surface area (Å²) >= 11 is 0. The van der Waals surface area contributed by atoms with Crippen LogP contribution in [0.2, 0.25) is 0 Å². The van der Waals surface area contributed by atoms with Gasteiger partial charge in [0, 0.05) is 63.8 Å². The number of carbonyl (C=O) groups is 12. The smallest absolute Gasteiger partial charge is 0.305 e. The number of carboxylic acids is 1. The van der Waals surface area contributed by atoms with Gasteiger partial charge in [-0.1, -0.05) is 116 Å². The minimum absolute atomic E-state index is 0.0519. The number of hydrogen-bond donors (Lipinski definition) is 17. The van der Waals surface area contributed by atoms with Crippen molar-refractivity contribution in [2.45, 2.75) is 247 Å². The number of nitrogens with two attached hydrogens (primary N) is 1. The number of aliphatic carboxylic acids is 1. The molecule has 10 atom stereocenters. The number of primary amides is 1. The minimum atomic E-state index is -2.35. The summed E-state index contributed by atoms with van der Waals surface area (Å²) in [7, 11) is 0. The Morgan fingerprint density at radius 1 is 0.565 bits per heavy atom. The Morgan fingerprint density at radius 2 is 1.16 bits per heavy atom. The third-order valence-electron chi connectivity index (χ3n) is 22.9. The predicted molar refractivity (Wildman–Crippen MR) is 536 cm³/mol. The number of aromatic amines is 2. The largest absolute Gasteiger partial charge is 0.494 e. The number of aliphatic hydroxyl groups excluding tert-OH is 3. The van der Waals surface area contributed by atoms with E-state index in [4.69, 9.17) is 48.4 Å². The van der Waals surface area contributed by atoms with Crippen molar-refractivity contribution in [2.24, 2.45) is 16.6 Å². The van der Waals surface area contributed by atoms with Gasteiger partial charge in [-0.2, -0.15) is 5.21 Å². The molecule has 4 aromatic carbocycles. The zero-order chi connectivity index (χ0) is 108. The van der Waals surface area contributed by atoms with Crippen LogP contribution in [0.3, 0.4) is 0 Å². The van der Waals surface area contributed by atoms with Gasteiger partial charge in [-0.15, -0.1) is 15.3 Å². The van der Waals surface area contributed by atoms with Gasteiger partial charge >= 0.3 is 5.97 Å². The topological polar surface area (TPSA) is 629 Å². The van der Waals surface area contributed by atoms with Crippen molar-refractivity contribution in [3.05, 3.63) is 160 Å². The lowest BCUT2D eigenvalue weighted by Crippen LogP contribution is -2.67. The molecular formula is C101H151FN20O25. The fourth-order valence-electron chi connectivity index (χ4n) is 14.9. The molecule has 0 saturated heterocycles. The normalized spacial score (nSPS) is 13.7. The summed E-state index contributed by atoms with van der Waals surface area (Å²) < 4.78 is 68.1. The molecule has 0 aliphatic heterocycles. The standard InChI is InChI=1S/C86H129FN18O23.C15H22N2O2/c1-11-60-46-65(128-30-15-14-28-105-52-64(99-104-105)54-127-44-43-126-42-41-125-40-39-124-38-37-123-36-35-122-34-33-121-32-31-120-29-16-26-84(5,6)7)23-24-66(60)61-21-19-59(20-22-61)45-56(2)92-77(113)69(48-73(110)111)93-78(114)70(53-106)94-79(115)74(57(3)107)97-83(119)86(10,49-62-17-12-13-18-67(62)87)98-80(116)75(58(4)108)96-72(109)51-90-76(112)68(47-71-100-102-103-101-71)95-82(118)85(8,9)81(117)89-27-25-63-50-88-55-91-63;1-10-7-11(2)9-13(8-10)5-4-6-14(15(16)19)17-12(3)18/h12-13,17-24,46,50,52,55-58,68-70,74-75,106-108H,11,14-16,25-45,47-49,51,53-54H2,1-10H3,(H,88,91)(H,89,117)(H,90,112)(H,92,113)(H,93,114)(H,94,115)(H,95,118)(H,96,109)(H,97,119)(H,98,116)(H,110,111)(H,100,101,102,103);7-9,14H,4-6H2,1-3H3,(H2,16,19)(H,17,18)/t56-,57-,58-,68+,69+,70+,74+,75+,86-;14-/m10/s1. The highest BCUT2D eigenvalue weighted by atomic mass is 19.1. The van der Waals surface area contributed by atoms with Gasteiger partial charge < -0.3 is 127 Å². The SMILES string of the molecule is CC(=O)N[C@@H](CCCc1cc(C)cc(C)c1)C(N)=O.CCc1cc(OCCCCn2cc(COCCOCCOCCOCCOCCOCCOCCOCCCC(C)(C)C)nn2)ccc1-c1ccc(C[C@@H](C)NC(=O)[C@H](CC(=O)O)NC(=O)[C@H](CO)NC(=O)[C@@H](NC(=O)[C@@](C)(Cc2ccccc2F)NC(=O)[C@@H](NC(=O)CNC(=O)[C@H](Cc2nn[nH]n2)NC(=O)C(C)(C)C(=O)NCCc2cnc[nH]2)[C@@H](C)O)[C@@H](C)O)cc1. The average Bonchev–Trinajstić information content (AvgIpc) is 1.71. The van der Waals surface area contributed by atoms with Crippen LogP contribution in [-0.4, -0.2) is 322 Å². The molecule has 3 heterocycles. The first kappa shape index (κ1) is 123. The highest BCUT2D eigenvalue weighted by molar-refractivity contribution is 6.06. The molecule has 18 N–H and O–H groups in total. The summed E-state index contributed by atoms with van der Waals surface area (Å²) in [6, 6.07) is 14.6. The van der Waals surface area contributed by atoms with Crippen LogP contribution in [-0.2, 0) is 147 Å². The number of ether oxygens (including phenoxy) is 9. The summed E-state index contributed by atoms with van der Waals surface area (Å²) in [5.41, 5.74) is 10.2. The molecule has 0 saturated carbocycles. The molecule has 0 radical (unpaired) electrons. The molecule has 0 aliphatic carbocycles. The summed E-state index contributed by atoms with van der Waals surface area (Å²) in [4.78, 5) is 166. The number of nitrogens with one attached hydrogen (secondary N) is 12. The fraction of sp³-hybridized carbons (Fsp3) is 0.584. The first-order chi connectivity index (χ1) is 70.1. The number of hydrogen-bond acceptors (Lipinski definition) is 30. The Balaban J connectivity index is 0.00000155. The predicted octanol–water partition coefficient (Wildman–Crippen LogP) is 2.38. The molecule has 11 amide bonds. The molecule has 3 aromatic heterocycles. The first-order valence-corrected chi connectivity index (χ1v) is 49.4. The zero-order valence-electron chi connectivity index (χ0n) is 86.5. The molecule has 147 heavy (non-hydrogen) atoms. The van der Waals surface area contributed by atoms with E-state index in [9.17, 15) is 78.0 Å². The van der Waals surface area contributed by atoms with E-state index in [1.165, 1.54) is 62.0 Å². The number of carbonyl (C=O) groups excluding carboxylic acids is 11. The zero-order valence-corrected chi connectivity index (χ0v) is 86.5. The molecular weight excluding hydrogens is 1910 g/mol. The van der Waals surface area contributed by atoms with Crippen molar-refractivity contribution in [1.29, 1.82) is 0 Å². The molecule has 0 fully saturated rings. The number of carboxylic acid groups (broad SMARTS) is 1. The van der Waals surface area contributed by atoms with Gasteiger partial charge in [-0.3, -0.25) is 62.2 Å². The number of benzene rings is 4. The van der Waals surface area contributed by atoms with Gasteiger partial charge in [0.2, 0.25) is 65.0 Å². The van der Waals surface area contributed by atoms with Crippen molar-refractivity contribution >= 4 is 70.9 Å². The van der Waals surface area contributed by atoms with Crippen LogP contribution in [0.25, 0.3) is 11.1 Å². The van der Waals surface area contributed by atoms with Crippen LogP contribution in [0.5, 0.6) is 5.75 Å². The van der Waals surface area contributed by atoms with Gasteiger partial charge in [0.15, 0.2) is 5.82 Å². The van der Waals surface area contributed by atoms with E-state index in [1.54, 1.807) is 17.8 Å². The lowest BCUT2D eigenvalue weighted by Gasteiger charge is -2.34. The number of halogens is 1. The molecule has 0 spiro atoms. The van der Waals surface area contributed by atoms with E-state index in [2.05, 4.69) is 147 Å². The summed E-state index contributed by atoms with van der Waals surface area (Å²) in [5, 5.41) is 88.1. The van der Waals surface area contributed by atoms with Crippen LogP contribution in [0.15, 0.2) is 104 Å². The maximum Gasteiger partial charge on any atom is 0.305 e. The highest BCUT2D eigenvalue weighted by Gasteiger charge is 2.44. The van der Waals surface area contributed by atoms with E-state index < -0.39 is 169 Å². The maximum atomic E-state index is 15.5. The highest BCUT2D eigenvalue weighted by Crippen LogP contribution is 2.30. The Kier molecular flexibility index (Phi) is 55.0. The van der Waals surface area contributed by atoms with Crippen LogP contribution in [0.1, 0.15) is 172 Å². The second-order valence-corrected chi connectivity index (χ2v) is 37.5. The number of aromatic nitrogens is 9. The summed E-state index contributed by atoms with van der Waals surface area (Å²) in [6.45, 7) is 28.6. The maximum absolute atomic E-state index is 15.5. The van der Waals surface area contributed by atoms with Gasteiger partial charge in [-0.25, -0.2) is 9.37 Å². The van der Waals surface area contributed by atoms with E-state index in [0.717, 1.165) is 106 Å². The lowest BCUT2D eigenvalue weighted by atomic mass is 9.90. The van der Waals surface area contributed by atoms with Gasteiger partial charge in [-0.05, 0) is 170 Å². The summed E-state index contributed by atoms with van der Waals surface area (Å²) in [5.74, 6) is -12.2. The molecule has 7 rings (SSSR count). The number of rotatable bonds is 71. The molecule has 7 aromatic rings. The Hall–Kier alpha value is -12.8. The van der Waals surface area contributed by atoms with Crippen molar-refractivity contribution < 1.29 is 125 Å². The third kappa shape index (κ3) is 47.7. The number of aliphatic hydroxyl groups is 3. The van der Waals surface area contributed by atoms with Crippen molar-refractivity contribution in [3.63, 3.8) is 0 Å². The number of amides is 11. The van der Waals surface area contributed by atoms with Gasteiger partial charge in [0.25, 0.3) is 0 Å². The number of unbranched alkanes of at least 4 members (excludes halogenated alkanes) is 1. The number of aryl methyl sites for hydroxylation is 5. The summed E-state index contributed by atoms with van der Waals surface area (Å²) in [6.07, 6.45) is 6.61. The third-order valence-corrected chi connectivity index (χ3v) is 22.9. The lowest BCUT2D eigenvalue weighted by molar-refractivity contribution is -0.143. The molecule has 0 bridgehead atoms. The Bertz CT molecular complexity index is 5160. The van der Waals surface area contributed by atoms with Crippen LogP contribution < -0.4 is 63.6 Å². The minimum Gasteiger partial charge on any atom is -0.494 e. The molecule has 46 heteroatoms. The molecule has 0 aliphatic rings. The molecule has 0 unspecified atom stereocenters. The van der Waals surface area contributed by atoms with Crippen LogP contribution in [0, 0.1) is 30.5 Å². The second kappa shape index (κ2) is 65.7. The quantitative estimate of drug-likeness (QED) is 0.0192. The second-order valence-electron chi connectivity index (χ2n) is 37.5. The number of nitrogens with zero attached hydrogens (tertiary/aromatic N) is 7. The molecule has 45 nitrogen and oxygen atoms in total.